The lowest BCUT2D eigenvalue weighted by Crippen LogP contribution is -2.66. The van der Waals surface area contributed by atoms with Gasteiger partial charge >= 0.3 is 12.1 Å². The highest BCUT2D eigenvalue weighted by molar-refractivity contribution is 5.74. The van der Waals surface area contributed by atoms with Crippen LogP contribution >= 0.6 is 0 Å². The molecule has 3 heterocycles. The fraction of sp³-hybridized carbons (Fsp3) is 0.905. The number of aliphatic hydroxyl groups excluding tert-OH is 10. The third-order valence-corrected chi connectivity index (χ3v) is 6.98. The van der Waals surface area contributed by atoms with Crippen LogP contribution in [0, 0.1) is 0 Å². The second kappa shape index (κ2) is 14.4. The van der Waals surface area contributed by atoms with Crippen molar-refractivity contribution < 1.29 is 79.6 Å². The lowest BCUT2D eigenvalue weighted by Gasteiger charge is -2.41. The van der Waals surface area contributed by atoms with Crippen LogP contribution in [0.2, 0.25) is 0 Å². The fourth-order valence-electron chi connectivity index (χ4n) is 4.49. The topological polar surface area (TPSA) is 321 Å². The summed E-state index contributed by atoms with van der Waals surface area (Å²) in [7, 11) is 1.20. The van der Waals surface area contributed by atoms with Crippen LogP contribution in [0.25, 0.3) is 0 Å². The van der Waals surface area contributed by atoms with Gasteiger partial charge in [0.15, 0.2) is 18.7 Å². The first-order valence-electron chi connectivity index (χ1n) is 12.6. The molecule has 0 saturated carbocycles. The van der Waals surface area contributed by atoms with Crippen molar-refractivity contribution in [3.8, 4) is 0 Å². The normalized spacial score (nSPS) is 45.0. The minimum Gasteiger partial charge on any atom is -0.394 e. The van der Waals surface area contributed by atoms with E-state index in [2.05, 4.69) is 21.3 Å². The molecule has 3 aliphatic heterocycles. The molecule has 0 bridgehead atoms. The van der Waals surface area contributed by atoms with Crippen LogP contribution in [0.4, 0.5) is 9.59 Å². The molecular formula is C21H38N4O16. The van der Waals surface area contributed by atoms with Gasteiger partial charge in [-0.25, -0.2) is 9.59 Å². The minimum atomic E-state index is -1.84. The molecule has 0 aromatic heterocycles. The van der Waals surface area contributed by atoms with E-state index >= 15 is 0 Å². The molecule has 3 aliphatic rings. The van der Waals surface area contributed by atoms with Crippen molar-refractivity contribution in [2.75, 3.05) is 26.8 Å². The van der Waals surface area contributed by atoms with E-state index in [1.165, 1.54) is 7.11 Å². The SMILES string of the molecule is CO[C@H]1O[C@H](CNC(=O)N[C@@H]2O[C@H](CNC(=O)N[C@@H]3O[C@H](CO)[C@@H](O)[C@H](O)[C@H]3O)[C@@H](O)[C@H](O)[C@H]2O)[C@@H](O)[C@H](O)[C@H]1O. The minimum absolute atomic E-state index is 0.395. The van der Waals surface area contributed by atoms with Crippen molar-refractivity contribution in [3.05, 3.63) is 0 Å². The molecule has 0 aromatic carbocycles. The molecule has 20 nitrogen and oxygen atoms in total. The molecule has 3 saturated heterocycles. The first kappa shape index (κ1) is 33.5. The Bertz CT molecular complexity index is 871. The number of methoxy groups -OCH3 is 1. The van der Waals surface area contributed by atoms with Crippen molar-refractivity contribution in [1.29, 1.82) is 0 Å². The first-order chi connectivity index (χ1) is 19.3. The largest absolute Gasteiger partial charge is 0.394 e. The van der Waals surface area contributed by atoms with Crippen LogP contribution in [0.5, 0.6) is 0 Å². The number of nitrogens with one attached hydrogen (secondary N) is 4. The Morgan fingerprint density at radius 2 is 0.976 bits per heavy atom. The third kappa shape index (κ3) is 7.69. The standard InChI is InChI=1S/C21H38N4O16/c1-38-19-16(35)13(32)9(28)6(41-19)3-23-21(37)24-17-14(33)11(30)8(27)5(39-17)2-22-20(36)25-18-15(34)12(31)10(29)7(4-26)40-18/h5-19,26-35H,2-4H2,1H3,(H2,22,25,36)(H2,23,24,37)/t5-,6-,7-,8-,9-,10-,11+,12+,13+,14-,15-,16-,17-,18-,19+/m1/s1. The van der Waals surface area contributed by atoms with Gasteiger partial charge in [-0.1, -0.05) is 0 Å². The summed E-state index contributed by atoms with van der Waals surface area (Å²) in [6, 6.07) is -2.00. The summed E-state index contributed by atoms with van der Waals surface area (Å²) in [5.74, 6) is 0. The predicted octanol–water partition coefficient (Wildman–Crippen LogP) is -8.35. The molecule has 20 heteroatoms. The van der Waals surface area contributed by atoms with Crippen LogP contribution in [-0.2, 0) is 18.9 Å². The third-order valence-electron chi connectivity index (χ3n) is 6.98. The summed E-state index contributed by atoms with van der Waals surface area (Å²) in [6.07, 6.45) is -23.6. The summed E-state index contributed by atoms with van der Waals surface area (Å²) < 4.78 is 20.7. The van der Waals surface area contributed by atoms with Crippen molar-refractivity contribution in [2.45, 2.75) is 92.0 Å². The highest BCUT2D eigenvalue weighted by atomic mass is 16.7. The average molecular weight is 603 g/mol. The van der Waals surface area contributed by atoms with Crippen LogP contribution in [0.3, 0.4) is 0 Å². The van der Waals surface area contributed by atoms with Gasteiger partial charge in [-0.15, -0.1) is 0 Å². The van der Waals surface area contributed by atoms with Crippen LogP contribution < -0.4 is 21.3 Å². The smallest absolute Gasteiger partial charge is 0.316 e. The number of hydrogen-bond acceptors (Lipinski definition) is 16. The molecule has 3 fully saturated rings. The Morgan fingerprint density at radius 1 is 0.585 bits per heavy atom. The number of aliphatic hydroxyl groups is 10. The van der Waals surface area contributed by atoms with Gasteiger partial charge in [-0.3, -0.25) is 0 Å². The van der Waals surface area contributed by atoms with Crippen LogP contribution in [0.15, 0.2) is 0 Å². The maximum atomic E-state index is 12.4. The highest BCUT2D eigenvalue weighted by Crippen LogP contribution is 2.23. The number of amides is 4. The molecule has 0 radical (unpaired) electrons. The molecule has 3 rings (SSSR count). The van der Waals surface area contributed by atoms with Crippen LogP contribution in [0.1, 0.15) is 0 Å². The summed E-state index contributed by atoms with van der Waals surface area (Å²) in [5.41, 5.74) is 0. The number of rotatable bonds is 8. The monoisotopic (exact) mass is 602 g/mol. The summed E-state index contributed by atoms with van der Waals surface area (Å²) >= 11 is 0. The fourth-order valence-corrected chi connectivity index (χ4v) is 4.49. The molecule has 0 unspecified atom stereocenters. The van der Waals surface area contributed by atoms with Crippen molar-refractivity contribution in [3.63, 3.8) is 0 Å². The van der Waals surface area contributed by atoms with Gasteiger partial charge in [-0.2, -0.15) is 0 Å². The van der Waals surface area contributed by atoms with E-state index in [4.69, 9.17) is 18.9 Å². The first-order valence-corrected chi connectivity index (χ1v) is 12.6. The van der Waals surface area contributed by atoms with Gasteiger partial charge in [0, 0.05) is 20.2 Å². The van der Waals surface area contributed by atoms with E-state index in [-0.39, 0.29) is 0 Å². The molecule has 14 N–H and O–H groups in total. The Hall–Kier alpha value is -2.02. The van der Waals surface area contributed by atoms with Crippen molar-refractivity contribution in [1.82, 2.24) is 21.3 Å². The number of carbonyl (C=O) groups is 2. The van der Waals surface area contributed by atoms with Crippen molar-refractivity contribution >= 4 is 12.1 Å². The Kier molecular flexibility index (Phi) is 11.8. The van der Waals surface area contributed by atoms with E-state index < -0.39 is 124 Å². The summed E-state index contributed by atoms with van der Waals surface area (Å²) in [4.78, 5) is 24.7. The molecule has 15 atom stereocenters. The molecule has 0 aromatic rings. The van der Waals surface area contributed by atoms with E-state index in [1.807, 2.05) is 0 Å². The number of hydrogen-bond donors (Lipinski definition) is 14. The maximum Gasteiger partial charge on any atom is 0.316 e. The maximum absolute atomic E-state index is 12.4. The molecule has 41 heavy (non-hydrogen) atoms. The van der Waals surface area contributed by atoms with E-state index in [0.717, 1.165) is 0 Å². The van der Waals surface area contributed by atoms with Gasteiger partial charge < -0.3 is 91.3 Å². The van der Waals surface area contributed by atoms with Gasteiger partial charge in [0.2, 0.25) is 0 Å². The van der Waals surface area contributed by atoms with Gasteiger partial charge in [-0.05, 0) is 0 Å². The van der Waals surface area contributed by atoms with Gasteiger partial charge in [0.1, 0.15) is 73.2 Å². The lowest BCUT2D eigenvalue weighted by atomic mass is 9.98. The zero-order chi connectivity index (χ0) is 30.6. The van der Waals surface area contributed by atoms with Crippen LogP contribution in [-0.4, -0.2) is 182 Å². The quantitative estimate of drug-likeness (QED) is 0.123. The number of carbonyl (C=O) groups excluding carboxylic acids is 2. The number of urea groups is 2. The second-order valence-electron chi connectivity index (χ2n) is 9.78. The summed E-state index contributed by atoms with van der Waals surface area (Å²) in [5, 5.41) is 108. The summed E-state index contributed by atoms with van der Waals surface area (Å²) in [6.45, 7) is -1.62. The van der Waals surface area contributed by atoms with E-state index in [9.17, 15) is 60.7 Å². The Balaban J connectivity index is 1.51. The molecule has 0 spiro atoms. The van der Waals surface area contributed by atoms with Gasteiger partial charge in [0.05, 0.1) is 6.61 Å². The predicted molar refractivity (Wildman–Crippen MR) is 127 cm³/mol. The lowest BCUT2D eigenvalue weighted by molar-refractivity contribution is -0.288. The zero-order valence-electron chi connectivity index (χ0n) is 21.7. The Labute approximate surface area is 232 Å². The van der Waals surface area contributed by atoms with Crippen molar-refractivity contribution in [2.24, 2.45) is 0 Å². The van der Waals surface area contributed by atoms with E-state index in [1.54, 1.807) is 0 Å². The zero-order valence-corrected chi connectivity index (χ0v) is 21.7. The van der Waals surface area contributed by atoms with E-state index in [0.29, 0.717) is 0 Å². The van der Waals surface area contributed by atoms with Gasteiger partial charge in [0.25, 0.3) is 0 Å². The molecule has 0 aliphatic carbocycles. The Morgan fingerprint density at radius 3 is 1.41 bits per heavy atom. The number of ether oxygens (including phenoxy) is 4. The average Bonchev–Trinajstić information content (AvgIpc) is 2.95. The molecule has 4 amide bonds. The second-order valence-corrected chi connectivity index (χ2v) is 9.78. The molecular weight excluding hydrogens is 564 g/mol. The molecule has 238 valence electrons. The highest BCUT2D eigenvalue weighted by Gasteiger charge is 2.47.